The van der Waals surface area contributed by atoms with Crippen molar-refractivity contribution >= 4 is 0 Å². The van der Waals surface area contributed by atoms with Crippen molar-refractivity contribution in [3.05, 3.63) is 29.6 Å². The van der Waals surface area contributed by atoms with E-state index in [9.17, 15) is 23.5 Å². The minimum Gasteiger partial charge on any atom is -0.373 e. The fraction of sp³-hybridized carbons (Fsp3) is 0.615. The van der Waals surface area contributed by atoms with Gasteiger partial charge in [0, 0.05) is 19.7 Å². The molecule has 1 aromatic rings. The quantitative estimate of drug-likeness (QED) is 0.661. The molecule has 1 rings (SSSR count). The number of rotatable bonds is 4. The van der Waals surface area contributed by atoms with Crippen molar-refractivity contribution in [2.75, 3.05) is 7.05 Å². The Morgan fingerprint density at radius 1 is 1.25 bits per heavy atom. The van der Waals surface area contributed by atoms with Gasteiger partial charge in [-0.2, -0.15) is 18.2 Å². The lowest BCUT2D eigenvalue weighted by molar-refractivity contribution is -0.237. The van der Waals surface area contributed by atoms with Crippen LogP contribution in [0.5, 0.6) is 0 Å². The number of likely N-dealkylation sites (N-methyl/N-ethyl adjacent to an activating group) is 1. The molecule has 0 aliphatic rings. The van der Waals surface area contributed by atoms with Crippen molar-refractivity contribution in [3.63, 3.8) is 0 Å². The van der Waals surface area contributed by atoms with E-state index < -0.39 is 17.3 Å². The standard InChI is InChI=1S/C13H19F3N2O2/c1-11(2,13(14,15)16)10-7-9(5-6-17-10)8-12(3,19)18(4)20/h5-7,19-20H,8H2,1-4H3. The predicted octanol–water partition coefficient (Wildman–Crippen LogP) is 2.49. The molecule has 0 spiro atoms. The Morgan fingerprint density at radius 2 is 1.80 bits per heavy atom. The van der Waals surface area contributed by atoms with E-state index in [0.717, 1.165) is 13.8 Å². The number of aromatic nitrogens is 1. The molecule has 0 aliphatic carbocycles. The molecule has 0 fully saturated rings. The summed E-state index contributed by atoms with van der Waals surface area (Å²) in [5, 5.41) is 19.8. The van der Waals surface area contributed by atoms with Crippen molar-refractivity contribution < 1.29 is 23.5 Å². The summed E-state index contributed by atoms with van der Waals surface area (Å²) in [5.41, 5.74) is -3.32. The van der Waals surface area contributed by atoms with Crippen LogP contribution in [-0.2, 0) is 11.8 Å². The summed E-state index contributed by atoms with van der Waals surface area (Å²) in [6.45, 7) is 3.47. The van der Waals surface area contributed by atoms with Crippen LogP contribution in [0.3, 0.4) is 0 Å². The summed E-state index contributed by atoms with van der Waals surface area (Å²) >= 11 is 0. The summed E-state index contributed by atoms with van der Waals surface area (Å²) in [5.74, 6) is 0. The SMILES string of the molecule is CN(O)C(C)(O)Cc1ccnc(C(C)(C)C(F)(F)F)c1. The first-order valence-corrected chi connectivity index (χ1v) is 6.05. The molecule has 0 saturated heterocycles. The van der Waals surface area contributed by atoms with Crippen molar-refractivity contribution in [2.45, 2.75) is 44.5 Å². The molecule has 0 aromatic carbocycles. The van der Waals surface area contributed by atoms with Crippen LogP contribution in [0.25, 0.3) is 0 Å². The summed E-state index contributed by atoms with van der Waals surface area (Å²) in [7, 11) is 1.27. The summed E-state index contributed by atoms with van der Waals surface area (Å²) in [6, 6.07) is 2.80. The maximum Gasteiger partial charge on any atom is 0.399 e. The molecule has 0 bridgehead atoms. The number of hydroxylamine groups is 2. The number of aliphatic hydroxyl groups is 1. The van der Waals surface area contributed by atoms with E-state index >= 15 is 0 Å². The third-order valence-corrected chi connectivity index (χ3v) is 3.41. The van der Waals surface area contributed by atoms with Gasteiger partial charge in [-0.05, 0) is 38.5 Å². The van der Waals surface area contributed by atoms with Crippen molar-refractivity contribution in [3.8, 4) is 0 Å². The topological polar surface area (TPSA) is 56.6 Å². The Balaban J connectivity index is 3.10. The van der Waals surface area contributed by atoms with Crippen LogP contribution in [-0.4, -0.2) is 39.3 Å². The van der Waals surface area contributed by atoms with E-state index in [4.69, 9.17) is 0 Å². The van der Waals surface area contributed by atoms with Crippen LogP contribution in [0.4, 0.5) is 13.2 Å². The number of nitrogens with zero attached hydrogens (tertiary/aromatic N) is 2. The average molecular weight is 292 g/mol. The lowest BCUT2D eigenvalue weighted by Crippen LogP contribution is -2.43. The summed E-state index contributed by atoms with van der Waals surface area (Å²) < 4.78 is 38.9. The Morgan fingerprint density at radius 3 is 2.25 bits per heavy atom. The molecule has 4 nitrogen and oxygen atoms in total. The van der Waals surface area contributed by atoms with E-state index in [1.54, 1.807) is 0 Å². The Kier molecular flexibility index (Phi) is 4.48. The van der Waals surface area contributed by atoms with E-state index in [1.807, 2.05) is 0 Å². The summed E-state index contributed by atoms with van der Waals surface area (Å²) in [4.78, 5) is 3.77. The molecule has 114 valence electrons. The molecular formula is C13H19F3N2O2. The molecule has 20 heavy (non-hydrogen) atoms. The molecule has 1 atom stereocenters. The first-order chi connectivity index (χ1) is 8.88. The zero-order chi connectivity index (χ0) is 15.8. The van der Waals surface area contributed by atoms with Gasteiger partial charge in [-0.15, -0.1) is 0 Å². The molecular weight excluding hydrogens is 273 g/mol. The van der Waals surface area contributed by atoms with Gasteiger partial charge in [0.05, 0.1) is 5.69 Å². The fourth-order valence-electron chi connectivity index (χ4n) is 1.57. The van der Waals surface area contributed by atoms with E-state index in [2.05, 4.69) is 4.98 Å². The van der Waals surface area contributed by atoms with Crippen molar-refractivity contribution in [2.24, 2.45) is 0 Å². The van der Waals surface area contributed by atoms with E-state index in [1.165, 1.54) is 32.3 Å². The highest BCUT2D eigenvalue weighted by Gasteiger charge is 2.49. The number of pyridine rings is 1. The zero-order valence-corrected chi connectivity index (χ0v) is 11.9. The van der Waals surface area contributed by atoms with Gasteiger partial charge in [-0.3, -0.25) is 4.98 Å². The van der Waals surface area contributed by atoms with Gasteiger partial charge in [0.1, 0.15) is 11.1 Å². The van der Waals surface area contributed by atoms with Crippen molar-refractivity contribution in [1.29, 1.82) is 0 Å². The third-order valence-electron chi connectivity index (χ3n) is 3.41. The van der Waals surface area contributed by atoms with Gasteiger partial charge >= 0.3 is 6.18 Å². The Labute approximate surface area is 115 Å². The summed E-state index contributed by atoms with van der Waals surface area (Å²) in [6.07, 6.45) is -3.18. The van der Waals surface area contributed by atoms with Crippen LogP contribution in [0.1, 0.15) is 32.0 Å². The molecule has 0 radical (unpaired) electrons. The average Bonchev–Trinajstić information content (AvgIpc) is 2.27. The second kappa shape index (κ2) is 5.31. The third kappa shape index (κ3) is 3.47. The van der Waals surface area contributed by atoms with Crippen LogP contribution in [0.15, 0.2) is 18.3 Å². The van der Waals surface area contributed by atoms with Gasteiger partial charge in [-0.1, -0.05) is 0 Å². The lowest BCUT2D eigenvalue weighted by atomic mass is 9.86. The zero-order valence-electron chi connectivity index (χ0n) is 11.9. The van der Waals surface area contributed by atoms with Gasteiger partial charge in [-0.25, -0.2) is 0 Å². The molecule has 7 heteroatoms. The van der Waals surface area contributed by atoms with Gasteiger partial charge in [0.2, 0.25) is 0 Å². The smallest absolute Gasteiger partial charge is 0.373 e. The number of alkyl halides is 3. The molecule has 0 aliphatic heterocycles. The Hall–Kier alpha value is -1.18. The minimum absolute atomic E-state index is 0.0243. The normalized spacial score (nSPS) is 16.3. The van der Waals surface area contributed by atoms with Gasteiger partial charge < -0.3 is 10.3 Å². The molecule has 1 heterocycles. The molecule has 0 saturated carbocycles. The predicted molar refractivity (Wildman–Crippen MR) is 67.2 cm³/mol. The number of hydrogen-bond donors (Lipinski definition) is 2. The van der Waals surface area contributed by atoms with E-state index in [0.29, 0.717) is 10.6 Å². The Bertz CT molecular complexity index is 471. The molecule has 1 unspecified atom stereocenters. The highest BCUT2D eigenvalue weighted by Crippen LogP contribution is 2.39. The number of hydrogen-bond acceptors (Lipinski definition) is 4. The second-order valence-electron chi connectivity index (χ2n) is 5.59. The maximum atomic E-state index is 13.0. The minimum atomic E-state index is -4.42. The first-order valence-electron chi connectivity index (χ1n) is 6.05. The lowest BCUT2D eigenvalue weighted by Gasteiger charge is -2.30. The van der Waals surface area contributed by atoms with Crippen LogP contribution < -0.4 is 0 Å². The van der Waals surface area contributed by atoms with Gasteiger partial charge in [0.15, 0.2) is 0 Å². The first kappa shape index (κ1) is 16.9. The fourth-order valence-corrected chi connectivity index (χ4v) is 1.57. The molecule has 1 aromatic heterocycles. The highest BCUT2D eigenvalue weighted by atomic mass is 19.4. The van der Waals surface area contributed by atoms with Gasteiger partial charge in [0.25, 0.3) is 0 Å². The largest absolute Gasteiger partial charge is 0.399 e. The van der Waals surface area contributed by atoms with Crippen molar-refractivity contribution in [1.82, 2.24) is 10.0 Å². The van der Waals surface area contributed by atoms with E-state index in [-0.39, 0.29) is 12.1 Å². The number of halogens is 3. The highest BCUT2D eigenvalue weighted by molar-refractivity contribution is 5.24. The van der Waals surface area contributed by atoms with Crippen LogP contribution >= 0.6 is 0 Å². The van der Waals surface area contributed by atoms with Crippen LogP contribution in [0.2, 0.25) is 0 Å². The van der Waals surface area contributed by atoms with Crippen LogP contribution in [0, 0.1) is 0 Å². The second-order valence-corrected chi connectivity index (χ2v) is 5.59. The maximum absolute atomic E-state index is 13.0. The molecule has 0 amide bonds. The monoisotopic (exact) mass is 292 g/mol. The molecule has 2 N–H and O–H groups in total.